The van der Waals surface area contributed by atoms with Gasteiger partial charge >= 0.3 is 6.03 Å². The van der Waals surface area contributed by atoms with Gasteiger partial charge in [-0.25, -0.2) is 4.79 Å². The highest BCUT2D eigenvalue weighted by Crippen LogP contribution is 2.22. The second-order valence-electron chi connectivity index (χ2n) is 8.65. The van der Waals surface area contributed by atoms with Gasteiger partial charge in [0, 0.05) is 6.04 Å². The molecule has 3 unspecified atom stereocenters. The molecule has 0 radical (unpaired) electrons. The zero-order chi connectivity index (χ0) is 22.4. The topological polar surface area (TPSA) is 89.8 Å². The quantitative estimate of drug-likeness (QED) is 0.216. The molecular weight excluding hydrogens is 394 g/mol. The summed E-state index contributed by atoms with van der Waals surface area (Å²) in [6.45, 7) is 10.9. The van der Waals surface area contributed by atoms with Gasteiger partial charge in [0.05, 0.1) is 5.69 Å². The van der Waals surface area contributed by atoms with Crippen LogP contribution in [0.2, 0.25) is 0 Å². The van der Waals surface area contributed by atoms with Crippen LogP contribution in [0.15, 0.2) is 0 Å². The maximum atomic E-state index is 12.4. The Morgan fingerprint density at radius 3 is 2.30 bits per heavy atom. The number of urea groups is 1. The van der Waals surface area contributed by atoms with Crippen molar-refractivity contribution < 1.29 is 4.79 Å². The highest BCUT2D eigenvalue weighted by Gasteiger charge is 2.15. The molecule has 0 saturated heterocycles. The van der Waals surface area contributed by atoms with E-state index in [4.69, 9.17) is 0 Å². The van der Waals surface area contributed by atoms with Gasteiger partial charge in [-0.1, -0.05) is 72.6 Å². The Labute approximate surface area is 187 Å². The van der Waals surface area contributed by atoms with E-state index in [0.717, 1.165) is 31.6 Å². The Balaban J connectivity index is 2.51. The number of rotatable bonds is 15. The van der Waals surface area contributed by atoms with Crippen molar-refractivity contribution in [2.75, 3.05) is 5.43 Å². The Hall–Kier alpha value is -1.81. The number of hydrogen-bond acceptors (Lipinski definition) is 5. The van der Waals surface area contributed by atoms with Crippen LogP contribution >= 0.6 is 11.5 Å². The van der Waals surface area contributed by atoms with Crippen molar-refractivity contribution in [1.29, 1.82) is 5.26 Å². The summed E-state index contributed by atoms with van der Waals surface area (Å²) in [6.07, 6.45) is 11.7. The van der Waals surface area contributed by atoms with Crippen molar-refractivity contribution in [3.63, 3.8) is 0 Å². The second-order valence-corrected chi connectivity index (χ2v) is 9.43. The molecule has 1 aromatic rings. The van der Waals surface area contributed by atoms with E-state index < -0.39 is 0 Å². The van der Waals surface area contributed by atoms with E-state index in [1.807, 2.05) is 0 Å². The van der Waals surface area contributed by atoms with Gasteiger partial charge in [0.1, 0.15) is 16.6 Å². The molecule has 1 rings (SSSR count). The van der Waals surface area contributed by atoms with Crippen molar-refractivity contribution in [2.45, 2.75) is 105 Å². The lowest BCUT2D eigenvalue weighted by molar-refractivity contribution is 0.235. The van der Waals surface area contributed by atoms with Crippen LogP contribution in [-0.4, -0.2) is 16.4 Å². The molecule has 3 N–H and O–H groups in total. The number of unbranched alkanes of at least 4 members (excludes halogenated alkanes) is 1. The predicted octanol–water partition coefficient (Wildman–Crippen LogP) is 6.53. The number of amides is 2. The maximum Gasteiger partial charge on any atom is 0.333 e. The summed E-state index contributed by atoms with van der Waals surface area (Å²) in [4.78, 5) is 12.4. The molecular formula is C23H41N5OS. The van der Waals surface area contributed by atoms with E-state index in [1.54, 1.807) is 6.92 Å². The third kappa shape index (κ3) is 10.3. The molecule has 0 saturated carbocycles. The fourth-order valence-electron chi connectivity index (χ4n) is 3.85. The summed E-state index contributed by atoms with van der Waals surface area (Å²) in [6, 6.07) is 2.04. The molecule has 30 heavy (non-hydrogen) atoms. The predicted molar refractivity (Wildman–Crippen MR) is 126 cm³/mol. The highest BCUT2D eigenvalue weighted by molar-refractivity contribution is 7.10. The number of anilines is 1. The Morgan fingerprint density at radius 1 is 1.03 bits per heavy atom. The minimum atomic E-state index is -0.252. The number of aromatic nitrogens is 1. The summed E-state index contributed by atoms with van der Waals surface area (Å²) in [5, 5.41) is 12.9. The Morgan fingerprint density at radius 2 is 1.67 bits per heavy atom. The molecule has 0 spiro atoms. The number of aryl methyl sites for hydroxylation is 1. The van der Waals surface area contributed by atoms with Crippen LogP contribution in [0.3, 0.4) is 0 Å². The molecule has 0 bridgehead atoms. The first-order chi connectivity index (χ1) is 14.4. The van der Waals surface area contributed by atoms with E-state index in [0.29, 0.717) is 22.2 Å². The molecule has 6 nitrogen and oxygen atoms in total. The first kappa shape index (κ1) is 26.2. The van der Waals surface area contributed by atoms with Gasteiger partial charge in [-0.15, -0.1) is 0 Å². The lowest BCUT2D eigenvalue weighted by atomic mass is 9.93. The van der Waals surface area contributed by atoms with Gasteiger partial charge in [-0.2, -0.15) is 9.64 Å². The van der Waals surface area contributed by atoms with Gasteiger partial charge in [-0.3, -0.25) is 10.9 Å². The molecule has 0 aliphatic heterocycles. The molecule has 0 fully saturated rings. The normalized spacial score (nSPS) is 13.9. The number of hydrazine groups is 1. The van der Waals surface area contributed by atoms with Crippen molar-refractivity contribution in [2.24, 2.45) is 11.8 Å². The summed E-state index contributed by atoms with van der Waals surface area (Å²) in [5.74, 6) is 1.47. The van der Waals surface area contributed by atoms with Gasteiger partial charge < -0.3 is 5.32 Å². The average Bonchev–Trinajstić information content (AvgIpc) is 3.07. The average molecular weight is 436 g/mol. The smallest absolute Gasteiger partial charge is 0.333 e. The van der Waals surface area contributed by atoms with E-state index >= 15 is 0 Å². The molecule has 1 aromatic heterocycles. The number of nitrogens with one attached hydrogen (secondary N) is 3. The summed E-state index contributed by atoms with van der Waals surface area (Å²) in [7, 11) is 0. The third-order valence-corrected chi connectivity index (χ3v) is 6.52. The Bertz CT molecular complexity index is 655. The molecule has 170 valence electrons. The number of nitriles is 1. The van der Waals surface area contributed by atoms with Gasteiger partial charge in [-0.05, 0) is 49.6 Å². The number of carbonyl (C=O) groups is 1. The van der Waals surface area contributed by atoms with Crippen LogP contribution < -0.4 is 16.2 Å². The van der Waals surface area contributed by atoms with Crippen molar-refractivity contribution in [3.05, 3.63) is 11.3 Å². The van der Waals surface area contributed by atoms with Crippen LogP contribution in [0.5, 0.6) is 0 Å². The second kappa shape index (κ2) is 15.1. The summed E-state index contributed by atoms with van der Waals surface area (Å²) < 4.78 is 4.15. The number of hydrogen-bond donors (Lipinski definition) is 3. The fourth-order valence-corrected chi connectivity index (χ4v) is 4.55. The lowest BCUT2D eigenvalue weighted by Gasteiger charge is -2.21. The molecule has 3 atom stereocenters. The van der Waals surface area contributed by atoms with Gasteiger partial charge in [0.25, 0.3) is 0 Å². The largest absolute Gasteiger partial charge is 0.334 e. The van der Waals surface area contributed by atoms with Crippen molar-refractivity contribution >= 4 is 22.6 Å². The zero-order valence-corrected chi connectivity index (χ0v) is 20.3. The minimum absolute atomic E-state index is 0.172. The van der Waals surface area contributed by atoms with E-state index in [2.05, 4.69) is 54.3 Å². The third-order valence-electron chi connectivity index (χ3n) is 5.67. The van der Waals surface area contributed by atoms with Crippen LogP contribution in [0, 0.1) is 30.1 Å². The van der Waals surface area contributed by atoms with Gasteiger partial charge in [0.2, 0.25) is 0 Å². The van der Waals surface area contributed by atoms with Crippen molar-refractivity contribution in [1.82, 2.24) is 15.1 Å². The van der Waals surface area contributed by atoms with Gasteiger partial charge in [0.15, 0.2) is 0 Å². The molecule has 0 aliphatic carbocycles. The molecule has 2 amide bonds. The Kier molecular flexibility index (Phi) is 13.2. The van der Waals surface area contributed by atoms with E-state index in [9.17, 15) is 10.1 Å². The maximum absolute atomic E-state index is 12.4. The zero-order valence-electron chi connectivity index (χ0n) is 19.5. The number of nitrogens with zero attached hydrogens (tertiary/aromatic N) is 2. The van der Waals surface area contributed by atoms with Crippen LogP contribution in [0.1, 0.15) is 103 Å². The lowest BCUT2D eigenvalue weighted by Crippen LogP contribution is -2.44. The fraction of sp³-hybridized carbons (Fsp3) is 0.783. The first-order valence-electron chi connectivity index (χ1n) is 11.6. The monoisotopic (exact) mass is 435 g/mol. The summed E-state index contributed by atoms with van der Waals surface area (Å²) >= 11 is 1.18. The highest BCUT2D eigenvalue weighted by atomic mass is 32.1. The summed E-state index contributed by atoms with van der Waals surface area (Å²) in [5.41, 5.74) is 6.67. The number of carbonyl (C=O) groups excluding carboxylic acids is 1. The van der Waals surface area contributed by atoms with Crippen LogP contribution in [-0.2, 0) is 0 Å². The molecule has 1 heterocycles. The first-order valence-corrected chi connectivity index (χ1v) is 12.4. The SMILES string of the molecule is CCCC(C)CCCCC(CCC(C)CCC)NC(=O)NNc1snc(C)c1C#N. The molecule has 0 aromatic carbocycles. The van der Waals surface area contributed by atoms with Crippen LogP contribution in [0.4, 0.5) is 9.80 Å². The van der Waals surface area contributed by atoms with Crippen molar-refractivity contribution in [3.8, 4) is 6.07 Å². The van der Waals surface area contributed by atoms with E-state index in [1.165, 1.54) is 50.1 Å². The van der Waals surface area contributed by atoms with E-state index in [-0.39, 0.29) is 12.1 Å². The molecule has 7 heteroatoms. The standard InChI is InChI=1S/C23H41N5OS/c1-6-10-17(3)12-8-9-13-20(15-14-18(4)11-7-2)25-23(29)27-26-22-21(16-24)19(5)28-30-22/h17-18,20,26H,6-15H2,1-5H3,(H2,25,27,29). The van der Waals surface area contributed by atoms with Crippen LogP contribution in [0.25, 0.3) is 0 Å². The molecule has 0 aliphatic rings. The minimum Gasteiger partial charge on any atom is -0.334 e.